The second kappa shape index (κ2) is 7.68. The highest BCUT2D eigenvalue weighted by Crippen LogP contribution is 2.23. The van der Waals surface area contributed by atoms with Crippen molar-refractivity contribution >= 4 is 21.6 Å². The van der Waals surface area contributed by atoms with Gasteiger partial charge < -0.3 is 4.90 Å². The average molecular weight is 390 g/mol. The lowest BCUT2D eigenvalue weighted by atomic mass is 9.91. The highest BCUT2D eigenvalue weighted by Gasteiger charge is 2.26. The Morgan fingerprint density at radius 3 is 2.11 bits per heavy atom. The molecule has 1 aliphatic heterocycles. The smallest absolute Gasteiger partial charge is 0.261 e. The maximum atomic E-state index is 13.0. The topological polar surface area (TPSA) is 66.5 Å². The van der Waals surface area contributed by atoms with E-state index in [0.29, 0.717) is 17.4 Å². The maximum Gasteiger partial charge on any atom is 0.261 e. The quantitative estimate of drug-likeness (QED) is 0.865. The van der Waals surface area contributed by atoms with Gasteiger partial charge in [-0.15, -0.1) is 0 Å². The Bertz CT molecular complexity index is 901. The van der Waals surface area contributed by atoms with Gasteiger partial charge >= 0.3 is 0 Å². The molecule has 1 N–H and O–H groups in total. The summed E-state index contributed by atoms with van der Waals surface area (Å²) in [7, 11) is -3.81. The first kappa shape index (κ1) is 19.4. The number of carbonyl (C=O) groups excluding carboxylic acids is 1. The molecular formula is C20H23FN2O3S. The zero-order valence-electron chi connectivity index (χ0n) is 15.4. The molecule has 2 aromatic rings. The van der Waals surface area contributed by atoms with Gasteiger partial charge in [-0.05, 0) is 66.8 Å². The molecule has 144 valence electrons. The molecule has 1 heterocycles. The number of rotatable bonds is 4. The van der Waals surface area contributed by atoms with Crippen LogP contribution in [0.1, 0.15) is 30.6 Å². The highest BCUT2D eigenvalue weighted by atomic mass is 32.2. The molecule has 2 atom stereocenters. The van der Waals surface area contributed by atoms with Crippen LogP contribution in [0.2, 0.25) is 0 Å². The Morgan fingerprint density at radius 2 is 1.56 bits per heavy atom. The molecule has 3 rings (SSSR count). The fourth-order valence-corrected chi connectivity index (χ4v) is 4.58. The summed E-state index contributed by atoms with van der Waals surface area (Å²) in [4.78, 5) is 14.6. The van der Waals surface area contributed by atoms with Gasteiger partial charge in [-0.25, -0.2) is 12.8 Å². The third kappa shape index (κ3) is 4.66. The van der Waals surface area contributed by atoms with Gasteiger partial charge in [0.2, 0.25) is 0 Å². The van der Waals surface area contributed by atoms with Gasteiger partial charge in [0.15, 0.2) is 0 Å². The molecule has 0 bridgehead atoms. The van der Waals surface area contributed by atoms with Crippen molar-refractivity contribution in [3.8, 4) is 0 Å². The van der Waals surface area contributed by atoms with E-state index >= 15 is 0 Å². The molecule has 1 amide bonds. The number of anilines is 1. The fourth-order valence-electron chi connectivity index (χ4n) is 3.52. The van der Waals surface area contributed by atoms with Crippen molar-refractivity contribution in [3.05, 3.63) is 59.9 Å². The Kier molecular flexibility index (Phi) is 5.51. The number of nitrogens with zero attached hydrogens (tertiary/aromatic N) is 1. The Labute approximate surface area is 159 Å². The van der Waals surface area contributed by atoms with Crippen molar-refractivity contribution in [2.45, 2.75) is 25.2 Å². The van der Waals surface area contributed by atoms with Gasteiger partial charge in [-0.2, -0.15) is 0 Å². The number of benzene rings is 2. The van der Waals surface area contributed by atoms with E-state index in [1.807, 2.05) is 4.90 Å². The van der Waals surface area contributed by atoms with Crippen LogP contribution in [0.3, 0.4) is 0 Å². The van der Waals surface area contributed by atoms with E-state index in [2.05, 4.69) is 18.6 Å². The lowest BCUT2D eigenvalue weighted by Gasteiger charge is -2.35. The Morgan fingerprint density at radius 1 is 1.00 bits per heavy atom. The monoisotopic (exact) mass is 390 g/mol. The number of amides is 1. The summed E-state index contributed by atoms with van der Waals surface area (Å²) in [5.74, 6) is 0.389. The van der Waals surface area contributed by atoms with Crippen molar-refractivity contribution in [1.29, 1.82) is 0 Å². The molecule has 2 aromatic carbocycles. The minimum Gasteiger partial charge on any atom is -0.338 e. The maximum absolute atomic E-state index is 13.0. The fraction of sp³-hybridized carbons (Fsp3) is 0.350. The van der Waals surface area contributed by atoms with Crippen LogP contribution >= 0.6 is 0 Å². The van der Waals surface area contributed by atoms with Crippen molar-refractivity contribution in [2.75, 3.05) is 17.8 Å². The predicted octanol–water partition coefficient (Wildman–Crippen LogP) is 3.74. The molecule has 0 aliphatic carbocycles. The van der Waals surface area contributed by atoms with E-state index in [1.54, 1.807) is 0 Å². The van der Waals surface area contributed by atoms with Crippen LogP contribution in [-0.2, 0) is 10.0 Å². The standard InChI is InChI=1S/C20H23FN2O3S/c1-14-11-15(2)13-23(12-14)20(24)16-3-9-19(10-4-16)27(25,26)22-18-7-5-17(21)6-8-18/h3-10,14-15,22H,11-13H2,1-2H3/t14-,15-/m0/s1. The van der Waals surface area contributed by atoms with Gasteiger partial charge in [-0.1, -0.05) is 13.8 Å². The second-order valence-electron chi connectivity index (χ2n) is 7.29. The number of sulfonamides is 1. The van der Waals surface area contributed by atoms with Crippen LogP contribution < -0.4 is 4.72 Å². The van der Waals surface area contributed by atoms with Crippen LogP contribution in [0.5, 0.6) is 0 Å². The molecule has 0 aromatic heterocycles. The number of nitrogens with one attached hydrogen (secondary N) is 1. The SMILES string of the molecule is C[C@H]1C[C@H](C)CN(C(=O)c2ccc(S(=O)(=O)Nc3ccc(F)cc3)cc2)C1. The normalized spacial score (nSPS) is 20.3. The first-order valence-corrected chi connectivity index (χ1v) is 10.4. The number of likely N-dealkylation sites (tertiary alicyclic amines) is 1. The first-order valence-electron chi connectivity index (χ1n) is 8.92. The van der Waals surface area contributed by atoms with Crippen molar-refractivity contribution in [3.63, 3.8) is 0 Å². The van der Waals surface area contributed by atoms with E-state index in [4.69, 9.17) is 0 Å². The van der Waals surface area contributed by atoms with E-state index in [0.717, 1.165) is 19.5 Å². The first-order chi connectivity index (χ1) is 12.7. The molecule has 0 radical (unpaired) electrons. The Hall–Kier alpha value is -2.41. The third-order valence-electron chi connectivity index (χ3n) is 4.66. The number of piperidine rings is 1. The van der Waals surface area contributed by atoms with Crippen molar-refractivity contribution < 1.29 is 17.6 Å². The number of halogens is 1. The molecule has 0 saturated carbocycles. The minimum atomic E-state index is -3.81. The largest absolute Gasteiger partial charge is 0.338 e. The summed E-state index contributed by atoms with van der Waals surface area (Å²) >= 11 is 0. The minimum absolute atomic E-state index is 0.0451. The van der Waals surface area contributed by atoms with Crippen LogP contribution in [0.25, 0.3) is 0 Å². The lowest BCUT2D eigenvalue weighted by molar-refractivity contribution is 0.0623. The molecule has 1 aliphatic rings. The lowest BCUT2D eigenvalue weighted by Crippen LogP contribution is -2.42. The van der Waals surface area contributed by atoms with Gasteiger partial charge in [-0.3, -0.25) is 9.52 Å². The number of hydrogen-bond acceptors (Lipinski definition) is 3. The molecule has 1 saturated heterocycles. The summed E-state index contributed by atoms with van der Waals surface area (Å²) in [5, 5.41) is 0. The summed E-state index contributed by atoms with van der Waals surface area (Å²) < 4.78 is 40.3. The summed E-state index contributed by atoms with van der Waals surface area (Å²) in [6.07, 6.45) is 1.11. The van der Waals surface area contributed by atoms with E-state index < -0.39 is 15.8 Å². The van der Waals surface area contributed by atoms with Gasteiger partial charge in [0.05, 0.1) is 4.90 Å². The summed E-state index contributed by atoms with van der Waals surface area (Å²) in [6.45, 7) is 5.70. The second-order valence-corrected chi connectivity index (χ2v) is 8.98. The summed E-state index contributed by atoms with van der Waals surface area (Å²) in [6, 6.07) is 11.0. The molecule has 7 heteroatoms. The van der Waals surface area contributed by atoms with Gasteiger partial charge in [0.1, 0.15) is 5.82 Å². The zero-order chi connectivity index (χ0) is 19.6. The highest BCUT2D eigenvalue weighted by molar-refractivity contribution is 7.92. The predicted molar refractivity (Wildman–Crippen MR) is 102 cm³/mol. The summed E-state index contributed by atoms with van der Waals surface area (Å²) in [5.41, 5.74) is 0.741. The van der Waals surface area contributed by atoms with E-state index in [-0.39, 0.29) is 16.5 Å². The third-order valence-corrected chi connectivity index (χ3v) is 6.06. The van der Waals surface area contributed by atoms with Crippen molar-refractivity contribution in [1.82, 2.24) is 4.90 Å². The average Bonchev–Trinajstić information content (AvgIpc) is 2.62. The van der Waals surface area contributed by atoms with Crippen LogP contribution in [0, 0.1) is 17.7 Å². The molecule has 27 heavy (non-hydrogen) atoms. The number of carbonyl (C=O) groups is 1. The van der Waals surface area contributed by atoms with Crippen LogP contribution in [-0.4, -0.2) is 32.3 Å². The molecule has 5 nitrogen and oxygen atoms in total. The van der Waals surface area contributed by atoms with Crippen molar-refractivity contribution in [2.24, 2.45) is 11.8 Å². The van der Waals surface area contributed by atoms with Gasteiger partial charge in [0.25, 0.3) is 15.9 Å². The molecule has 1 fully saturated rings. The molecule has 0 spiro atoms. The molecular weight excluding hydrogens is 367 g/mol. The van der Waals surface area contributed by atoms with E-state index in [1.165, 1.54) is 48.5 Å². The van der Waals surface area contributed by atoms with E-state index in [9.17, 15) is 17.6 Å². The molecule has 0 unspecified atom stereocenters. The van der Waals surface area contributed by atoms with Crippen LogP contribution in [0.15, 0.2) is 53.4 Å². The zero-order valence-corrected chi connectivity index (χ0v) is 16.2. The Balaban J connectivity index is 1.74. The van der Waals surface area contributed by atoms with Crippen LogP contribution in [0.4, 0.5) is 10.1 Å². The number of hydrogen-bond donors (Lipinski definition) is 1. The van der Waals surface area contributed by atoms with Gasteiger partial charge in [0, 0.05) is 24.3 Å².